The van der Waals surface area contributed by atoms with Gasteiger partial charge in [0.25, 0.3) is 0 Å². The first kappa shape index (κ1) is 12.9. The van der Waals surface area contributed by atoms with E-state index in [0.29, 0.717) is 5.92 Å². The zero-order valence-corrected chi connectivity index (χ0v) is 12.2. The molecule has 1 aromatic heterocycles. The lowest BCUT2D eigenvalue weighted by molar-refractivity contribution is 0.113. The van der Waals surface area contributed by atoms with Crippen molar-refractivity contribution in [3.05, 3.63) is 21.3 Å². The molecule has 0 aliphatic carbocycles. The van der Waals surface area contributed by atoms with Gasteiger partial charge in [-0.05, 0) is 50.1 Å². The first-order chi connectivity index (χ1) is 8.70. The Kier molecular flexibility index (Phi) is 3.65. The molecular weight excluding hydrogens is 266 g/mol. The minimum Gasteiger partial charge on any atom is -0.300 e. The zero-order valence-electron chi connectivity index (χ0n) is 10.6. The third-order valence-corrected chi connectivity index (χ3v) is 6.15. The molecule has 0 radical (unpaired) electrons. The fourth-order valence-electron chi connectivity index (χ4n) is 3.68. The van der Waals surface area contributed by atoms with E-state index >= 15 is 0 Å². The zero-order chi connectivity index (χ0) is 12.7. The number of halogens is 1. The van der Waals surface area contributed by atoms with Crippen molar-refractivity contribution in [3.8, 4) is 0 Å². The summed E-state index contributed by atoms with van der Waals surface area (Å²) in [6, 6.07) is 3.66. The van der Waals surface area contributed by atoms with Crippen LogP contribution in [0.4, 0.5) is 0 Å². The molecule has 0 spiro atoms. The molecule has 3 heterocycles. The third-order valence-electron chi connectivity index (χ3n) is 4.71. The van der Waals surface area contributed by atoms with E-state index in [1.54, 1.807) is 11.3 Å². The number of nitrogens with zero attached hydrogens (tertiary/aromatic N) is 1. The Hall–Kier alpha value is -0.130. The number of nitrogens with one attached hydrogen (secondary N) is 1. The highest BCUT2D eigenvalue weighted by atomic mass is 35.5. The fourth-order valence-corrected chi connectivity index (χ4v) is 5.01. The van der Waals surface area contributed by atoms with E-state index in [-0.39, 0.29) is 6.04 Å². The van der Waals surface area contributed by atoms with Crippen molar-refractivity contribution in [2.75, 3.05) is 7.05 Å². The molecule has 0 aromatic carbocycles. The number of nitrogens with two attached hydrogens (primary N) is 1. The minimum absolute atomic E-state index is 0.217. The lowest BCUT2D eigenvalue weighted by atomic mass is 9.85. The number of hydrogen-bond donors (Lipinski definition) is 2. The fraction of sp³-hybridized carbons (Fsp3) is 0.692. The van der Waals surface area contributed by atoms with Crippen LogP contribution >= 0.6 is 22.9 Å². The van der Waals surface area contributed by atoms with Crippen LogP contribution < -0.4 is 11.3 Å². The van der Waals surface area contributed by atoms with Crippen LogP contribution in [0.1, 0.15) is 36.6 Å². The van der Waals surface area contributed by atoms with Crippen molar-refractivity contribution in [1.29, 1.82) is 0 Å². The van der Waals surface area contributed by atoms with Gasteiger partial charge in [0.2, 0.25) is 0 Å². The van der Waals surface area contributed by atoms with Crippen LogP contribution in [0.3, 0.4) is 0 Å². The van der Waals surface area contributed by atoms with Crippen LogP contribution in [-0.2, 0) is 0 Å². The molecule has 2 saturated heterocycles. The average molecular weight is 286 g/mol. The molecule has 2 bridgehead atoms. The van der Waals surface area contributed by atoms with Gasteiger partial charge in [0, 0.05) is 17.0 Å². The SMILES string of the molecule is CN1C2CCC1CC(C(NN)c1sccc1Cl)C2. The standard InChI is InChI=1S/C13H20ClN3S/c1-17-9-2-3-10(17)7-8(6-9)12(16-15)13-11(14)4-5-18-13/h4-5,8-10,12,16H,2-3,6-7,15H2,1H3. The highest BCUT2D eigenvalue weighted by Gasteiger charge is 2.41. The maximum atomic E-state index is 6.25. The van der Waals surface area contributed by atoms with Gasteiger partial charge in [-0.15, -0.1) is 11.3 Å². The van der Waals surface area contributed by atoms with Gasteiger partial charge in [0.15, 0.2) is 0 Å². The largest absolute Gasteiger partial charge is 0.300 e. The number of piperidine rings is 1. The van der Waals surface area contributed by atoms with Gasteiger partial charge in [0.05, 0.1) is 11.1 Å². The highest BCUT2D eigenvalue weighted by Crippen LogP contribution is 2.44. The summed E-state index contributed by atoms with van der Waals surface area (Å²) in [5, 5.41) is 2.90. The number of hydrazine groups is 1. The molecule has 2 aliphatic rings. The third kappa shape index (κ3) is 2.10. The van der Waals surface area contributed by atoms with Gasteiger partial charge >= 0.3 is 0 Å². The summed E-state index contributed by atoms with van der Waals surface area (Å²) in [6.45, 7) is 0. The molecule has 0 amide bonds. The minimum atomic E-state index is 0.217. The Morgan fingerprint density at radius 2 is 2.11 bits per heavy atom. The number of rotatable bonds is 3. The first-order valence-electron chi connectivity index (χ1n) is 6.61. The summed E-state index contributed by atoms with van der Waals surface area (Å²) < 4.78 is 0. The van der Waals surface area contributed by atoms with Crippen LogP contribution in [0, 0.1) is 5.92 Å². The number of fused-ring (bicyclic) bond motifs is 2. The first-order valence-corrected chi connectivity index (χ1v) is 7.87. The summed E-state index contributed by atoms with van der Waals surface area (Å²) in [6.07, 6.45) is 5.15. The Morgan fingerprint density at radius 1 is 1.44 bits per heavy atom. The monoisotopic (exact) mass is 285 g/mol. The van der Waals surface area contributed by atoms with E-state index in [0.717, 1.165) is 17.1 Å². The quantitative estimate of drug-likeness (QED) is 0.663. The molecule has 2 fully saturated rings. The molecule has 18 heavy (non-hydrogen) atoms. The van der Waals surface area contributed by atoms with Crippen LogP contribution in [0.5, 0.6) is 0 Å². The van der Waals surface area contributed by atoms with Gasteiger partial charge in [-0.1, -0.05) is 11.6 Å². The van der Waals surface area contributed by atoms with E-state index in [1.165, 1.54) is 30.6 Å². The van der Waals surface area contributed by atoms with Crippen molar-refractivity contribution in [2.24, 2.45) is 11.8 Å². The summed E-state index contributed by atoms with van der Waals surface area (Å²) in [7, 11) is 2.27. The second-order valence-electron chi connectivity index (χ2n) is 5.56. The van der Waals surface area contributed by atoms with Crippen LogP contribution in [-0.4, -0.2) is 24.0 Å². The van der Waals surface area contributed by atoms with Crippen molar-refractivity contribution in [1.82, 2.24) is 10.3 Å². The van der Waals surface area contributed by atoms with E-state index < -0.39 is 0 Å². The van der Waals surface area contributed by atoms with E-state index in [4.69, 9.17) is 17.4 Å². The molecule has 0 saturated carbocycles. The van der Waals surface area contributed by atoms with Gasteiger partial charge in [-0.2, -0.15) is 0 Å². The normalized spacial score (nSPS) is 33.8. The van der Waals surface area contributed by atoms with Crippen molar-refractivity contribution in [2.45, 2.75) is 43.8 Å². The summed E-state index contributed by atoms with van der Waals surface area (Å²) in [5.74, 6) is 6.41. The molecule has 3 rings (SSSR count). The van der Waals surface area contributed by atoms with Crippen LogP contribution in [0.2, 0.25) is 5.02 Å². The Balaban J connectivity index is 1.80. The van der Waals surface area contributed by atoms with Crippen LogP contribution in [0.25, 0.3) is 0 Å². The smallest absolute Gasteiger partial charge is 0.0597 e. The Labute approximate surface area is 117 Å². The summed E-state index contributed by atoms with van der Waals surface area (Å²) >= 11 is 7.97. The molecule has 3 N–H and O–H groups in total. The Bertz CT molecular complexity index is 408. The number of thiophene rings is 1. The molecule has 3 atom stereocenters. The topological polar surface area (TPSA) is 41.3 Å². The van der Waals surface area contributed by atoms with E-state index in [1.807, 2.05) is 11.4 Å². The van der Waals surface area contributed by atoms with Crippen molar-refractivity contribution in [3.63, 3.8) is 0 Å². The summed E-state index contributed by atoms with van der Waals surface area (Å²) in [5.41, 5.74) is 3.01. The van der Waals surface area contributed by atoms with Gasteiger partial charge in [-0.25, -0.2) is 0 Å². The predicted octanol–water partition coefficient (Wildman–Crippen LogP) is 2.78. The molecule has 3 nitrogen and oxygen atoms in total. The van der Waals surface area contributed by atoms with Crippen LogP contribution in [0.15, 0.2) is 11.4 Å². The molecule has 2 aliphatic heterocycles. The maximum absolute atomic E-state index is 6.25. The van der Waals surface area contributed by atoms with Crippen molar-refractivity contribution < 1.29 is 0 Å². The van der Waals surface area contributed by atoms with E-state index in [9.17, 15) is 0 Å². The average Bonchev–Trinajstić information content (AvgIpc) is 2.84. The second-order valence-corrected chi connectivity index (χ2v) is 6.91. The maximum Gasteiger partial charge on any atom is 0.0597 e. The second kappa shape index (κ2) is 5.10. The van der Waals surface area contributed by atoms with Gasteiger partial charge in [0.1, 0.15) is 0 Å². The molecule has 100 valence electrons. The molecular formula is C13H20ClN3S. The highest BCUT2D eigenvalue weighted by molar-refractivity contribution is 7.10. The molecule has 3 unspecified atom stereocenters. The molecule has 1 aromatic rings. The van der Waals surface area contributed by atoms with E-state index in [2.05, 4.69) is 17.4 Å². The lowest BCUT2D eigenvalue weighted by Crippen LogP contribution is -2.44. The molecule has 5 heteroatoms. The van der Waals surface area contributed by atoms with Gasteiger partial charge < -0.3 is 4.90 Å². The lowest BCUT2D eigenvalue weighted by Gasteiger charge is -2.39. The number of hydrogen-bond acceptors (Lipinski definition) is 4. The Morgan fingerprint density at radius 3 is 2.61 bits per heavy atom. The van der Waals surface area contributed by atoms with Crippen molar-refractivity contribution >= 4 is 22.9 Å². The summed E-state index contributed by atoms with van der Waals surface area (Å²) in [4.78, 5) is 3.76. The predicted molar refractivity (Wildman–Crippen MR) is 76.7 cm³/mol. The van der Waals surface area contributed by atoms with Gasteiger partial charge in [-0.3, -0.25) is 11.3 Å².